The fourth-order valence-electron chi connectivity index (χ4n) is 3.21. The first-order valence-electron chi connectivity index (χ1n) is 9.62. The van der Waals surface area contributed by atoms with E-state index < -0.39 is 17.6 Å². The summed E-state index contributed by atoms with van der Waals surface area (Å²) in [5.41, 5.74) is -0.412. The number of nitrogens with one attached hydrogen (secondary N) is 2. The van der Waals surface area contributed by atoms with Crippen LogP contribution in [0.1, 0.15) is 17.5 Å². The number of anilines is 1. The Morgan fingerprint density at radius 2 is 1.94 bits per heavy atom. The fraction of sp³-hybridized carbons (Fsp3) is 0.333. The van der Waals surface area contributed by atoms with Crippen molar-refractivity contribution in [2.24, 2.45) is 4.99 Å². The number of para-hydroxylation sites is 2. The van der Waals surface area contributed by atoms with Crippen molar-refractivity contribution in [3.05, 3.63) is 59.4 Å². The highest BCUT2D eigenvalue weighted by Gasteiger charge is 2.33. The van der Waals surface area contributed by atoms with E-state index in [1.54, 1.807) is 17.0 Å². The molecule has 0 atom stereocenters. The number of aliphatic imine (C=N–C) groups is 1. The molecule has 3 rings (SSSR count). The molecular weight excluding hydrogens is 543 g/mol. The zero-order valence-electron chi connectivity index (χ0n) is 17.2. The maximum absolute atomic E-state index is 13.2. The van der Waals surface area contributed by atoms with Gasteiger partial charge in [0.1, 0.15) is 11.6 Å². The monoisotopic (exact) mass is 566 g/mol. The van der Waals surface area contributed by atoms with Gasteiger partial charge in [-0.2, -0.15) is 13.2 Å². The van der Waals surface area contributed by atoms with E-state index in [0.29, 0.717) is 43.0 Å². The Bertz CT molecular complexity index is 969. The van der Waals surface area contributed by atoms with Gasteiger partial charge in [0.2, 0.25) is 0 Å². The number of ether oxygens (including phenoxy) is 1. The summed E-state index contributed by atoms with van der Waals surface area (Å²) in [6.07, 6.45) is -4.08. The summed E-state index contributed by atoms with van der Waals surface area (Å²) in [6, 6.07) is 9.81. The van der Waals surface area contributed by atoms with Crippen LogP contribution in [-0.2, 0) is 17.5 Å². The molecule has 2 N–H and O–H groups in total. The number of hydrogen-bond donors (Lipinski definition) is 2. The van der Waals surface area contributed by atoms with E-state index in [2.05, 4.69) is 15.6 Å². The number of carbonyl (C=O) groups excluding carboxylic acids is 1. The third-order valence-electron chi connectivity index (χ3n) is 4.71. The number of fused-ring (bicyclic) bond motifs is 1. The van der Waals surface area contributed by atoms with Crippen LogP contribution < -0.4 is 20.3 Å². The molecule has 1 aliphatic heterocycles. The van der Waals surface area contributed by atoms with Crippen molar-refractivity contribution in [2.45, 2.75) is 19.1 Å². The molecule has 0 aromatic heterocycles. The van der Waals surface area contributed by atoms with Gasteiger partial charge in [-0.3, -0.25) is 9.79 Å². The lowest BCUT2D eigenvalue weighted by molar-refractivity contribution is -0.138. The molecule has 2 aromatic rings. The number of benzene rings is 2. The highest BCUT2D eigenvalue weighted by atomic mass is 127. The number of hydrogen-bond acceptors (Lipinski definition) is 3. The average molecular weight is 566 g/mol. The molecule has 0 unspecified atom stereocenters. The van der Waals surface area contributed by atoms with Gasteiger partial charge in [-0.05, 0) is 36.2 Å². The smallest absolute Gasteiger partial charge is 0.416 e. The summed E-state index contributed by atoms with van der Waals surface area (Å²) >= 11 is 0. The van der Waals surface area contributed by atoms with Crippen LogP contribution in [0.15, 0.2) is 47.5 Å². The van der Waals surface area contributed by atoms with Crippen LogP contribution >= 0.6 is 24.0 Å². The molecule has 1 heterocycles. The number of alkyl halides is 3. The third-order valence-corrected chi connectivity index (χ3v) is 4.71. The molecule has 32 heavy (non-hydrogen) atoms. The van der Waals surface area contributed by atoms with Crippen LogP contribution in [0.2, 0.25) is 0 Å². The molecule has 0 spiro atoms. The minimum atomic E-state index is -4.66. The van der Waals surface area contributed by atoms with Crippen LogP contribution in [0, 0.1) is 5.82 Å². The number of rotatable bonds is 6. The van der Waals surface area contributed by atoms with Gasteiger partial charge in [-0.15, -0.1) is 24.0 Å². The second kappa shape index (κ2) is 11.3. The first-order chi connectivity index (χ1) is 14.8. The minimum absolute atomic E-state index is 0. The molecule has 1 amide bonds. The number of amides is 1. The molecule has 0 saturated carbocycles. The third kappa shape index (κ3) is 6.47. The molecule has 0 saturated heterocycles. The van der Waals surface area contributed by atoms with Crippen LogP contribution in [0.5, 0.6) is 5.75 Å². The Labute approximate surface area is 200 Å². The second-order valence-corrected chi connectivity index (χ2v) is 6.81. The Balaban J connectivity index is 0.00000363. The Kier molecular flexibility index (Phi) is 9.10. The molecule has 0 radical (unpaired) electrons. The zero-order valence-corrected chi connectivity index (χ0v) is 19.5. The van der Waals surface area contributed by atoms with Crippen LogP contribution in [0.3, 0.4) is 0 Å². The standard InChI is InChI=1S/C21H22F4N4O2.HI/c1-26-20(28-12-14-7-8-15(22)11-16(14)21(23,24)25)27-9-4-10-29-17-5-2-3-6-18(17)31-13-19(29)30;/h2-3,5-8,11H,4,9-10,12-13H2,1H3,(H2,26,27,28);1H. The SMILES string of the molecule is CN=C(NCCCN1C(=O)COc2ccccc21)NCc1ccc(F)cc1C(F)(F)F.I. The Hall–Kier alpha value is -2.57. The lowest BCUT2D eigenvalue weighted by atomic mass is 10.1. The van der Waals surface area contributed by atoms with Crippen LogP contribution in [0.4, 0.5) is 23.2 Å². The number of carbonyl (C=O) groups is 1. The van der Waals surface area contributed by atoms with E-state index in [0.717, 1.165) is 12.1 Å². The molecular formula is C21H23F4IN4O2. The van der Waals surface area contributed by atoms with Crippen molar-refractivity contribution in [3.8, 4) is 5.75 Å². The van der Waals surface area contributed by atoms with E-state index in [-0.39, 0.29) is 48.6 Å². The molecule has 0 aliphatic carbocycles. The predicted octanol–water partition coefficient (Wildman–Crippen LogP) is 3.94. The molecule has 0 bridgehead atoms. The van der Waals surface area contributed by atoms with Crippen molar-refractivity contribution < 1.29 is 27.1 Å². The Morgan fingerprint density at radius 3 is 2.66 bits per heavy atom. The van der Waals surface area contributed by atoms with Gasteiger partial charge in [0.15, 0.2) is 12.6 Å². The lowest BCUT2D eigenvalue weighted by Gasteiger charge is -2.29. The van der Waals surface area contributed by atoms with E-state index in [1.165, 1.54) is 7.05 Å². The van der Waals surface area contributed by atoms with Crippen molar-refractivity contribution in [3.63, 3.8) is 0 Å². The first kappa shape index (κ1) is 25.7. The quantitative estimate of drug-likeness (QED) is 0.183. The van der Waals surface area contributed by atoms with Gasteiger partial charge in [0, 0.05) is 26.7 Å². The first-order valence-corrected chi connectivity index (χ1v) is 9.62. The van der Waals surface area contributed by atoms with Crippen molar-refractivity contribution in [2.75, 3.05) is 31.6 Å². The summed E-state index contributed by atoms with van der Waals surface area (Å²) in [7, 11) is 1.49. The summed E-state index contributed by atoms with van der Waals surface area (Å²) in [5.74, 6) is -0.145. The van der Waals surface area contributed by atoms with Crippen LogP contribution in [0.25, 0.3) is 0 Å². The van der Waals surface area contributed by atoms with Crippen molar-refractivity contribution >= 4 is 41.5 Å². The number of halogens is 5. The van der Waals surface area contributed by atoms with E-state index >= 15 is 0 Å². The van der Waals surface area contributed by atoms with Crippen molar-refractivity contribution in [1.29, 1.82) is 0 Å². The second-order valence-electron chi connectivity index (χ2n) is 6.81. The van der Waals surface area contributed by atoms with Gasteiger partial charge in [-0.1, -0.05) is 18.2 Å². The van der Waals surface area contributed by atoms with Gasteiger partial charge < -0.3 is 20.3 Å². The molecule has 2 aromatic carbocycles. The Morgan fingerprint density at radius 1 is 1.19 bits per heavy atom. The molecule has 11 heteroatoms. The van der Waals surface area contributed by atoms with Gasteiger partial charge in [-0.25, -0.2) is 4.39 Å². The van der Waals surface area contributed by atoms with E-state index in [4.69, 9.17) is 4.74 Å². The highest BCUT2D eigenvalue weighted by Crippen LogP contribution is 2.33. The maximum Gasteiger partial charge on any atom is 0.416 e. The summed E-state index contributed by atoms with van der Waals surface area (Å²) in [5, 5.41) is 5.80. The molecule has 0 fully saturated rings. The number of guanidine groups is 1. The average Bonchev–Trinajstić information content (AvgIpc) is 2.74. The normalized spacial score (nSPS) is 13.7. The van der Waals surface area contributed by atoms with Crippen LogP contribution in [-0.4, -0.2) is 38.6 Å². The maximum atomic E-state index is 13.2. The number of nitrogens with zero attached hydrogens (tertiary/aromatic N) is 2. The summed E-state index contributed by atoms with van der Waals surface area (Å²) in [4.78, 5) is 17.8. The summed E-state index contributed by atoms with van der Waals surface area (Å²) in [6.45, 7) is 0.679. The molecule has 1 aliphatic rings. The van der Waals surface area contributed by atoms with Gasteiger partial charge in [0.25, 0.3) is 5.91 Å². The molecule has 6 nitrogen and oxygen atoms in total. The van der Waals surface area contributed by atoms with Gasteiger partial charge >= 0.3 is 6.18 Å². The predicted molar refractivity (Wildman–Crippen MR) is 124 cm³/mol. The van der Waals surface area contributed by atoms with E-state index in [1.807, 2.05) is 12.1 Å². The van der Waals surface area contributed by atoms with Crippen molar-refractivity contribution in [1.82, 2.24) is 10.6 Å². The van der Waals surface area contributed by atoms with E-state index in [9.17, 15) is 22.4 Å². The summed E-state index contributed by atoms with van der Waals surface area (Å²) < 4.78 is 58.0. The lowest BCUT2D eigenvalue weighted by Crippen LogP contribution is -2.42. The fourth-order valence-corrected chi connectivity index (χ4v) is 3.21. The topological polar surface area (TPSA) is 66.0 Å². The van der Waals surface area contributed by atoms with Gasteiger partial charge in [0.05, 0.1) is 11.3 Å². The largest absolute Gasteiger partial charge is 0.482 e. The zero-order chi connectivity index (χ0) is 22.4. The highest BCUT2D eigenvalue weighted by molar-refractivity contribution is 14.0. The minimum Gasteiger partial charge on any atom is -0.482 e. The molecule has 174 valence electrons.